The summed E-state index contributed by atoms with van der Waals surface area (Å²) in [6, 6.07) is -0.649. The van der Waals surface area contributed by atoms with E-state index in [9.17, 15) is 13.2 Å². The Bertz CT molecular complexity index is 386. The third-order valence-corrected chi connectivity index (χ3v) is 3.34. The van der Waals surface area contributed by atoms with Crippen LogP contribution in [-0.2, 0) is 6.54 Å². The fraction of sp³-hybridized carbons (Fsp3) is 0.750. The highest BCUT2D eigenvalue weighted by atomic mass is 19.4. The van der Waals surface area contributed by atoms with Crippen LogP contribution < -0.4 is 5.32 Å². The lowest BCUT2D eigenvalue weighted by Crippen LogP contribution is -2.41. The topological polar surface area (TPSA) is 29.9 Å². The van der Waals surface area contributed by atoms with Crippen LogP contribution in [0.5, 0.6) is 0 Å². The molecule has 1 fully saturated rings. The van der Waals surface area contributed by atoms with Crippen molar-refractivity contribution in [2.75, 3.05) is 6.54 Å². The summed E-state index contributed by atoms with van der Waals surface area (Å²) >= 11 is 0. The van der Waals surface area contributed by atoms with Gasteiger partial charge >= 0.3 is 6.18 Å². The zero-order valence-corrected chi connectivity index (χ0v) is 10.4. The Morgan fingerprint density at radius 1 is 1.50 bits per heavy atom. The lowest BCUT2D eigenvalue weighted by Gasteiger charge is -2.33. The first-order valence-electron chi connectivity index (χ1n) is 6.35. The fourth-order valence-corrected chi connectivity index (χ4v) is 2.48. The van der Waals surface area contributed by atoms with Crippen molar-refractivity contribution in [1.29, 1.82) is 0 Å². The van der Waals surface area contributed by atoms with Gasteiger partial charge in [0.05, 0.1) is 12.1 Å². The van der Waals surface area contributed by atoms with Crippen LogP contribution >= 0.6 is 0 Å². The third-order valence-electron chi connectivity index (χ3n) is 3.34. The molecule has 1 aromatic rings. The summed E-state index contributed by atoms with van der Waals surface area (Å²) in [5, 5.41) is 7.08. The van der Waals surface area contributed by atoms with E-state index in [1.165, 1.54) is 0 Å². The van der Waals surface area contributed by atoms with Crippen molar-refractivity contribution in [3.8, 4) is 0 Å². The summed E-state index contributed by atoms with van der Waals surface area (Å²) in [5.74, 6) is -1.30. The third kappa shape index (κ3) is 2.85. The first kappa shape index (κ1) is 13.4. The molecule has 1 aromatic heterocycles. The molecule has 102 valence electrons. The van der Waals surface area contributed by atoms with E-state index in [4.69, 9.17) is 0 Å². The van der Waals surface area contributed by atoms with E-state index >= 15 is 0 Å². The molecule has 0 bridgehead atoms. The highest BCUT2D eigenvalue weighted by molar-refractivity contribution is 5.13. The highest BCUT2D eigenvalue weighted by Crippen LogP contribution is 2.40. The smallest absolute Gasteiger partial charge is 0.309 e. The zero-order valence-electron chi connectivity index (χ0n) is 10.4. The summed E-state index contributed by atoms with van der Waals surface area (Å²) in [4.78, 5) is 0. The van der Waals surface area contributed by atoms with E-state index in [0.717, 1.165) is 13.0 Å². The summed E-state index contributed by atoms with van der Waals surface area (Å²) in [7, 11) is 0. The van der Waals surface area contributed by atoms with Gasteiger partial charge in [0.2, 0.25) is 0 Å². The number of nitrogens with one attached hydrogen (secondary N) is 1. The first-order chi connectivity index (χ1) is 8.52. The molecule has 2 atom stereocenters. The molecule has 0 aromatic carbocycles. The van der Waals surface area contributed by atoms with Crippen LogP contribution in [0.2, 0.25) is 0 Å². The monoisotopic (exact) mass is 261 g/mol. The number of aromatic nitrogens is 2. The van der Waals surface area contributed by atoms with Crippen LogP contribution in [0.25, 0.3) is 0 Å². The van der Waals surface area contributed by atoms with Crippen LogP contribution in [0.15, 0.2) is 12.4 Å². The number of nitrogens with zero attached hydrogens (tertiary/aromatic N) is 2. The fourth-order valence-electron chi connectivity index (χ4n) is 2.48. The van der Waals surface area contributed by atoms with Crippen molar-refractivity contribution in [3.63, 3.8) is 0 Å². The van der Waals surface area contributed by atoms with Crippen molar-refractivity contribution in [1.82, 2.24) is 15.1 Å². The summed E-state index contributed by atoms with van der Waals surface area (Å²) in [6.07, 6.45) is 0.819. The second-order valence-electron chi connectivity index (χ2n) is 4.76. The average molecular weight is 261 g/mol. The number of hydrogen-bond donors (Lipinski definition) is 1. The molecule has 0 spiro atoms. The van der Waals surface area contributed by atoms with Gasteiger partial charge in [0.15, 0.2) is 0 Å². The van der Waals surface area contributed by atoms with E-state index < -0.39 is 18.1 Å². The predicted molar refractivity (Wildman–Crippen MR) is 62.0 cm³/mol. The van der Waals surface area contributed by atoms with Crippen LogP contribution in [0, 0.1) is 5.92 Å². The Morgan fingerprint density at radius 2 is 2.28 bits per heavy atom. The molecule has 0 aliphatic carbocycles. The lowest BCUT2D eigenvalue weighted by molar-refractivity contribution is -0.189. The van der Waals surface area contributed by atoms with Gasteiger partial charge in [0.1, 0.15) is 0 Å². The van der Waals surface area contributed by atoms with Gasteiger partial charge in [-0.25, -0.2) is 0 Å². The molecule has 2 unspecified atom stereocenters. The zero-order chi connectivity index (χ0) is 13.2. The van der Waals surface area contributed by atoms with E-state index in [2.05, 4.69) is 10.4 Å². The number of aryl methyl sites for hydroxylation is 1. The lowest BCUT2D eigenvalue weighted by atomic mass is 9.87. The minimum atomic E-state index is -4.15. The maximum atomic E-state index is 13.0. The molecule has 1 N–H and O–H groups in total. The normalized spacial score (nSPS) is 25.3. The van der Waals surface area contributed by atoms with E-state index in [-0.39, 0.29) is 6.42 Å². The van der Waals surface area contributed by atoms with Crippen molar-refractivity contribution >= 4 is 0 Å². The minimum Gasteiger partial charge on any atom is -0.309 e. The van der Waals surface area contributed by atoms with Crippen molar-refractivity contribution < 1.29 is 13.2 Å². The number of halogens is 3. The maximum absolute atomic E-state index is 13.0. The van der Waals surface area contributed by atoms with Gasteiger partial charge in [0.25, 0.3) is 0 Å². The Morgan fingerprint density at radius 3 is 2.94 bits per heavy atom. The molecule has 3 nitrogen and oxygen atoms in total. The molecule has 0 radical (unpaired) electrons. The van der Waals surface area contributed by atoms with Crippen LogP contribution in [0.1, 0.15) is 37.8 Å². The van der Waals surface area contributed by atoms with Crippen molar-refractivity contribution in [2.24, 2.45) is 5.92 Å². The van der Waals surface area contributed by atoms with E-state index in [1.807, 2.05) is 6.92 Å². The molecule has 1 aliphatic heterocycles. The summed E-state index contributed by atoms with van der Waals surface area (Å²) in [5.41, 5.74) is 0.644. The van der Waals surface area contributed by atoms with Gasteiger partial charge in [-0.1, -0.05) is 6.92 Å². The van der Waals surface area contributed by atoms with Crippen LogP contribution in [0.3, 0.4) is 0 Å². The second-order valence-corrected chi connectivity index (χ2v) is 4.76. The standard InChI is InChI=1S/C12H18F3N3/c1-2-6-18-8-9(7-17-18)11-10(12(13,14)15)4-3-5-16-11/h7-8,10-11,16H,2-6H2,1H3. The quantitative estimate of drug-likeness (QED) is 0.906. The Balaban J connectivity index is 2.17. The average Bonchev–Trinajstić information content (AvgIpc) is 2.77. The molecule has 1 aliphatic rings. The minimum absolute atomic E-state index is 0.195. The Labute approximate surface area is 104 Å². The van der Waals surface area contributed by atoms with E-state index in [1.54, 1.807) is 17.1 Å². The van der Waals surface area contributed by atoms with Gasteiger partial charge in [-0.2, -0.15) is 18.3 Å². The number of piperidine rings is 1. The second kappa shape index (κ2) is 5.30. The highest BCUT2D eigenvalue weighted by Gasteiger charge is 2.46. The largest absolute Gasteiger partial charge is 0.393 e. The van der Waals surface area contributed by atoms with Gasteiger partial charge in [-0.3, -0.25) is 4.68 Å². The van der Waals surface area contributed by atoms with Crippen LogP contribution in [-0.4, -0.2) is 22.5 Å². The summed E-state index contributed by atoms with van der Waals surface area (Å²) < 4.78 is 40.6. The molecule has 2 rings (SSSR count). The first-order valence-corrected chi connectivity index (χ1v) is 6.35. The Kier molecular flexibility index (Phi) is 3.94. The van der Waals surface area contributed by atoms with Gasteiger partial charge in [-0.15, -0.1) is 0 Å². The van der Waals surface area contributed by atoms with Gasteiger partial charge < -0.3 is 5.32 Å². The summed E-state index contributed by atoms with van der Waals surface area (Å²) in [6.45, 7) is 3.39. The number of rotatable bonds is 3. The van der Waals surface area contributed by atoms with Gasteiger partial charge in [0, 0.05) is 24.3 Å². The Hall–Kier alpha value is -1.04. The van der Waals surface area contributed by atoms with Gasteiger partial charge in [-0.05, 0) is 25.8 Å². The molecule has 18 heavy (non-hydrogen) atoms. The molecule has 0 amide bonds. The maximum Gasteiger partial charge on any atom is 0.393 e. The molecular weight excluding hydrogens is 243 g/mol. The van der Waals surface area contributed by atoms with Crippen LogP contribution in [0.4, 0.5) is 13.2 Å². The molecule has 2 heterocycles. The number of hydrogen-bond acceptors (Lipinski definition) is 2. The molecular formula is C12H18F3N3. The predicted octanol–water partition coefficient (Wildman–Crippen LogP) is 2.90. The molecule has 0 saturated carbocycles. The van der Waals surface area contributed by atoms with Crippen molar-refractivity contribution in [2.45, 2.75) is 44.9 Å². The SMILES string of the molecule is CCCn1cc(C2NCCCC2C(F)(F)F)cn1. The number of alkyl halides is 3. The molecule has 6 heteroatoms. The van der Waals surface area contributed by atoms with E-state index in [0.29, 0.717) is 18.5 Å². The molecule has 1 saturated heterocycles. The van der Waals surface area contributed by atoms with Crippen molar-refractivity contribution in [3.05, 3.63) is 18.0 Å².